The van der Waals surface area contributed by atoms with Gasteiger partial charge in [-0.25, -0.2) is 0 Å². The number of rotatable bonds is 4. The summed E-state index contributed by atoms with van der Waals surface area (Å²) in [6.45, 7) is 5.72. The number of hydrogen-bond donors (Lipinski definition) is 0. The molecule has 0 unspecified atom stereocenters. The maximum Gasteiger partial charge on any atom is 0.161 e. The number of nitrogens with zero attached hydrogens (tertiary/aromatic N) is 1. The highest BCUT2D eigenvalue weighted by molar-refractivity contribution is 5.44. The summed E-state index contributed by atoms with van der Waals surface area (Å²) >= 11 is 0. The van der Waals surface area contributed by atoms with E-state index in [2.05, 4.69) is 30.9 Å². The molecular formula is C15H23NO2. The fourth-order valence-electron chi connectivity index (χ4n) is 2.83. The van der Waals surface area contributed by atoms with Gasteiger partial charge in [0.1, 0.15) is 0 Å². The Kier molecular flexibility index (Phi) is 4.12. The van der Waals surface area contributed by atoms with Crippen LogP contribution in [0.1, 0.15) is 38.3 Å². The van der Waals surface area contributed by atoms with Crippen molar-refractivity contribution in [2.45, 2.75) is 38.8 Å². The van der Waals surface area contributed by atoms with Crippen LogP contribution in [0.2, 0.25) is 0 Å². The molecule has 1 aliphatic rings. The van der Waals surface area contributed by atoms with E-state index < -0.39 is 0 Å². The monoisotopic (exact) mass is 249 g/mol. The average molecular weight is 249 g/mol. The second-order valence-corrected chi connectivity index (χ2v) is 5.10. The van der Waals surface area contributed by atoms with Crippen LogP contribution < -0.4 is 9.47 Å². The van der Waals surface area contributed by atoms with Crippen LogP contribution in [0.3, 0.4) is 0 Å². The number of hydrogen-bond acceptors (Lipinski definition) is 3. The van der Waals surface area contributed by atoms with Crippen molar-refractivity contribution < 1.29 is 9.47 Å². The molecule has 1 fully saturated rings. The Morgan fingerprint density at radius 3 is 2.50 bits per heavy atom. The molecule has 0 saturated carbocycles. The van der Waals surface area contributed by atoms with Crippen molar-refractivity contribution in [1.29, 1.82) is 0 Å². The van der Waals surface area contributed by atoms with Crippen LogP contribution in [-0.4, -0.2) is 31.7 Å². The van der Waals surface area contributed by atoms with Gasteiger partial charge >= 0.3 is 0 Å². The van der Waals surface area contributed by atoms with Crippen LogP contribution >= 0.6 is 0 Å². The van der Waals surface area contributed by atoms with Crippen molar-refractivity contribution in [2.24, 2.45) is 0 Å². The molecule has 1 saturated heterocycles. The molecule has 3 heteroatoms. The summed E-state index contributed by atoms with van der Waals surface area (Å²) in [5, 5.41) is 0. The molecule has 1 aliphatic heterocycles. The largest absolute Gasteiger partial charge is 0.493 e. The highest BCUT2D eigenvalue weighted by Gasteiger charge is 2.28. The summed E-state index contributed by atoms with van der Waals surface area (Å²) in [7, 11) is 3.37. The van der Waals surface area contributed by atoms with Crippen LogP contribution in [0, 0.1) is 0 Å². The van der Waals surface area contributed by atoms with E-state index in [0.29, 0.717) is 12.1 Å². The third-order valence-electron chi connectivity index (χ3n) is 3.75. The zero-order valence-corrected chi connectivity index (χ0v) is 11.8. The molecule has 0 aromatic heterocycles. The van der Waals surface area contributed by atoms with E-state index in [1.807, 2.05) is 6.07 Å². The lowest BCUT2D eigenvalue weighted by atomic mass is 10.0. The van der Waals surface area contributed by atoms with Gasteiger partial charge in [0.05, 0.1) is 14.2 Å². The molecule has 0 N–H and O–H groups in total. The quantitative estimate of drug-likeness (QED) is 0.817. The lowest BCUT2D eigenvalue weighted by Gasteiger charge is -2.29. The van der Waals surface area contributed by atoms with E-state index in [0.717, 1.165) is 11.5 Å². The van der Waals surface area contributed by atoms with Gasteiger partial charge in [0, 0.05) is 12.1 Å². The van der Waals surface area contributed by atoms with Crippen LogP contribution in [-0.2, 0) is 0 Å². The first-order valence-corrected chi connectivity index (χ1v) is 6.65. The predicted molar refractivity (Wildman–Crippen MR) is 73.4 cm³/mol. The smallest absolute Gasteiger partial charge is 0.161 e. The summed E-state index contributed by atoms with van der Waals surface area (Å²) in [4.78, 5) is 2.56. The van der Waals surface area contributed by atoms with E-state index >= 15 is 0 Å². The van der Waals surface area contributed by atoms with Gasteiger partial charge in [-0.1, -0.05) is 6.07 Å². The van der Waals surface area contributed by atoms with E-state index in [-0.39, 0.29) is 0 Å². The molecule has 2 rings (SSSR count). The Balaban J connectivity index is 2.27. The van der Waals surface area contributed by atoms with E-state index in [9.17, 15) is 0 Å². The molecule has 3 nitrogen and oxygen atoms in total. The SMILES string of the molecule is COc1ccc([C@H]2CCCN2C(C)C)cc1OC. The highest BCUT2D eigenvalue weighted by atomic mass is 16.5. The highest BCUT2D eigenvalue weighted by Crippen LogP contribution is 2.37. The molecule has 1 heterocycles. The molecule has 1 aromatic carbocycles. The van der Waals surface area contributed by atoms with Crippen LogP contribution in [0.25, 0.3) is 0 Å². The Hall–Kier alpha value is -1.22. The van der Waals surface area contributed by atoms with Crippen molar-refractivity contribution in [1.82, 2.24) is 4.90 Å². The number of ether oxygens (including phenoxy) is 2. The van der Waals surface area contributed by atoms with Crippen molar-refractivity contribution in [3.05, 3.63) is 23.8 Å². The summed E-state index contributed by atoms with van der Waals surface area (Å²) in [5.74, 6) is 1.63. The maximum atomic E-state index is 5.39. The van der Waals surface area contributed by atoms with Gasteiger partial charge in [-0.15, -0.1) is 0 Å². The predicted octanol–water partition coefficient (Wildman–Crippen LogP) is 3.25. The average Bonchev–Trinajstić information content (AvgIpc) is 2.87. The van der Waals surface area contributed by atoms with Crippen molar-refractivity contribution in [3.63, 3.8) is 0 Å². The van der Waals surface area contributed by atoms with Crippen molar-refractivity contribution in [2.75, 3.05) is 20.8 Å². The van der Waals surface area contributed by atoms with Gasteiger partial charge < -0.3 is 9.47 Å². The van der Waals surface area contributed by atoms with Gasteiger partial charge in [-0.3, -0.25) is 4.90 Å². The second kappa shape index (κ2) is 5.61. The minimum atomic E-state index is 0.518. The fourth-order valence-corrected chi connectivity index (χ4v) is 2.83. The van der Waals surface area contributed by atoms with E-state index in [1.165, 1.54) is 24.9 Å². The zero-order valence-electron chi connectivity index (χ0n) is 11.8. The summed E-state index contributed by atoms with van der Waals surface area (Å²) in [5.41, 5.74) is 1.33. The fraction of sp³-hybridized carbons (Fsp3) is 0.600. The Bertz CT molecular complexity index is 403. The second-order valence-electron chi connectivity index (χ2n) is 5.10. The molecule has 0 radical (unpaired) electrons. The number of benzene rings is 1. The van der Waals surface area contributed by atoms with Crippen LogP contribution in [0.4, 0.5) is 0 Å². The van der Waals surface area contributed by atoms with Crippen LogP contribution in [0.15, 0.2) is 18.2 Å². The number of methoxy groups -OCH3 is 2. The third-order valence-corrected chi connectivity index (χ3v) is 3.75. The maximum absolute atomic E-state index is 5.39. The minimum Gasteiger partial charge on any atom is -0.493 e. The van der Waals surface area contributed by atoms with Crippen LogP contribution in [0.5, 0.6) is 11.5 Å². The van der Waals surface area contributed by atoms with Crippen molar-refractivity contribution in [3.8, 4) is 11.5 Å². The molecule has 0 bridgehead atoms. The van der Waals surface area contributed by atoms with Gasteiger partial charge in [0.2, 0.25) is 0 Å². The first-order valence-electron chi connectivity index (χ1n) is 6.65. The Morgan fingerprint density at radius 1 is 1.17 bits per heavy atom. The summed E-state index contributed by atoms with van der Waals surface area (Å²) in [6, 6.07) is 7.39. The molecule has 100 valence electrons. The molecule has 1 aromatic rings. The first-order chi connectivity index (χ1) is 8.67. The Labute approximate surface area is 110 Å². The van der Waals surface area contributed by atoms with E-state index in [1.54, 1.807) is 14.2 Å². The standard InChI is InChI=1S/C15H23NO2/c1-11(2)16-9-5-6-13(16)12-7-8-14(17-3)15(10-12)18-4/h7-8,10-11,13H,5-6,9H2,1-4H3/t13-/m1/s1. The third kappa shape index (κ3) is 2.46. The summed E-state index contributed by atoms with van der Waals surface area (Å²) in [6.07, 6.45) is 2.50. The Morgan fingerprint density at radius 2 is 1.89 bits per heavy atom. The molecule has 1 atom stereocenters. The van der Waals surface area contributed by atoms with Gasteiger partial charge in [0.25, 0.3) is 0 Å². The van der Waals surface area contributed by atoms with Crippen molar-refractivity contribution >= 4 is 0 Å². The first kappa shape index (κ1) is 13.2. The summed E-state index contributed by atoms with van der Waals surface area (Å²) < 4.78 is 10.7. The minimum absolute atomic E-state index is 0.518. The molecule has 0 aliphatic carbocycles. The van der Waals surface area contributed by atoms with Gasteiger partial charge in [0.15, 0.2) is 11.5 Å². The van der Waals surface area contributed by atoms with Gasteiger partial charge in [-0.05, 0) is 50.9 Å². The molecule has 0 amide bonds. The normalized spacial score (nSPS) is 20.4. The molecular weight excluding hydrogens is 226 g/mol. The lowest BCUT2D eigenvalue weighted by Crippen LogP contribution is -2.30. The topological polar surface area (TPSA) is 21.7 Å². The lowest BCUT2D eigenvalue weighted by molar-refractivity contribution is 0.205. The molecule has 0 spiro atoms. The number of likely N-dealkylation sites (tertiary alicyclic amines) is 1. The van der Waals surface area contributed by atoms with E-state index in [4.69, 9.17) is 9.47 Å². The zero-order chi connectivity index (χ0) is 13.1. The molecule has 18 heavy (non-hydrogen) atoms. The van der Waals surface area contributed by atoms with Gasteiger partial charge in [-0.2, -0.15) is 0 Å².